The number of aryl methyl sites for hydroxylation is 1. The molecule has 3 aromatic rings. The summed E-state index contributed by atoms with van der Waals surface area (Å²) in [5.41, 5.74) is 5.20. The van der Waals surface area contributed by atoms with Gasteiger partial charge < -0.3 is 19.4 Å². The number of ether oxygens (including phenoxy) is 1. The molecule has 2 atom stereocenters. The lowest BCUT2D eigenvalue weighted by molar-refractivity contribution is -0.130. The van der Waals surface area contributed by atoms with Crippen molar-refractivity contribution in [2.24, 2.45) is 0 Å². The Labute approximate surface area is 253 Å². The number of hydrogen-bond donors (Lipinski definition) is 0. The van der Waals surface area contributed by atoms with E-state index < -0.39 is 0 Å². The number of rotatable bonds is 6. The zero-order valence-corrected chi connectivity index (χ0v) is 25.3. The normalized spacial score (nSPS) is 21.8. The van der Waals surface area contributed by atoms with E-state index in [-0.39, 0.29) is 17.9 Å². The molecule has 2 heterocycles. The molecule has 6 rings (SSSR count). The van der Waals surface area contributed by atoms with Crippen LogP contribution in [-0.4, -0.2) is 66.2 Å². The molecule has 42 heavy (non-hydrogen) atoms. The van der Waals surface area contributed by atoms with Crippen LogP contribution >= 0.6 is 11.8 Å². The summed E-state index contributed by atoms with van der Waals surface area (Å²) >= 11 is 1.75. The van der Waals surface area contributed by atoms with Crippen molar-refractivity contribution in [3.05, 3.63) is 100.0 Å². The van der Waals surface area contributed by atoms with Crippen LogP contribution in [0, 0.1) is 6.92 Å². The third kappa shape index (κ3) is 6.07. The molecule has 3 aliphatic rings. The molecule has 0 spiro atoms. The first-order valence-electron chi connectivity index (χ1n) is 15.0. The average molecular weight is 582 g/mol. The lowest BCUT2D eigenvalue weighted by atomic mass is 9.92. The van der Waals surface area contributed by atoms with Gasteiger partial charge in [-0.05, 0) is 66.8 Å². The zero-order valence-electron chi connectivity index (χ0n) is 24.5. The molecule has 0 radical (unpaired) electrons. The van der Waals surface area contributed by atoms with Gasteiger partial charge in [0.05, 0.1) is 12.0 Å². The fourth-order valence-corrected chi connectivity index (χ4v) is 7.84. The third-order valence-corrected chi connectivity index (χ3v) is 10.3. The second-order valence-corrected chi connectivity index (χ2v) is 12.8. The van der Waals surface area contributed by atoms with E-state index in [4.69, 9.17) is 4.74 Å². The van der Waals surface area contributed by atoms with Gasteiger partial charge in [-0.3, -0.25) is 9.59 Å². The number of amides is 2. The number of carbonyl (C=O) groups excluding carboxylic acids is 2. The first kappa shape index (κ1) is 28.4. The molecule has 0 N–H and O–H groups in total. The Morgan fingerprint density at radius 1 is 0.952 bits per heavy atom. The maximum absolute atomic E-state index is 13.8. The lowest BCUT2D eigenvalue weighted by Gasteiger charge is -2.44. The Kier molecular flexibility index (Phi) is 8.56. The summed E-state index contributed by atoms with van der Waals surface area (Å²) in [5, 5.41) is 0.434. The molecule has 1 aliphatic carbocycles. The second-order valence-electron chi connectivity index (χ2n) is 11.5. The first-order chi connectivity index (χ1) is 20.5. The largest absolute Gasteiger partial charge is 0.497 e. The van der Waals surface area contributed by atoms with Gasteiger partial charge in [0.1, 0.15) is 5.75 Å². The van der Waals surface area contributed by atoms with E-state index >= 15 is 0 Å². The van der Waals surface area contributed by atoms with Gasteiger partial charge in [-0.25, -0.2) is 0 Å². The number of benzene rings is 3. The molecule has 218 valence electrons. The van der Waals surface area contributed by atoms with Gasteiger partial charge in [0.15, 0.2) is 0 Å². The molecule has 3 aromatic carbocycles. The first-order valence-corrected chi connectivity index (χ1v) is 15.9. The third-order valence-electron chi connectivity index (χ3n) is 8.86. The quantitative estimate of drug-likeness (QED) is 0.316. The van der Waals surface area contributed by atoms with Crippen LogP contribution in [-0.2, 0) is 11.3 Å². The summed E-state index contributed by atoms with van der Waals surface area (Å²) in [5.74, 6) is 1.02. The van der Waals surface area contributed by atoms with Crippen LogP contribution in [0.5, 0.6) is 5.75 Å². The van der Waals surface area contributed by atoms with Gasteiger partial charge >= 0.3 is 0 Å². The summed E-state index contributed by atoms with van der Waals surface area (Å²) in [6.45, 7) is 5.69. The highest BCUT2D eigenvalue weighted by atomic mass is 32.2. The number of carbonyl (C=O) groups is 2. The van der Waals surface area contributed by atoms with Crippen molar-refractivity contribution in [3.8, 4) is 5.75 Å². The maximum Gasteiger partial charge on any atom is 0.260 e. The van der Waals surface area contributed by atoms with Crippen molar-refractivity contribution in [1.29, 1.82) is 0 Å². The minimum atomic E-state index is 0.0528. The molecule has 1 saturated carbocycles. The number of piperazine rings is 1. The SMILES string of the molecule is COc1cccc(N2CCN(C(=O)c3ccc(/C=C4/SC5CCCCC5N(Cc5ccccc5C)C4=O)cc3)CC2)c1. The van der Waals surface area contributed by atoms with Crippen molar-refractivity contribution in [3.63, 3.8) is 0 Å². The summed E-state index contributed by atoms with van der Waals surface area (Å²) in [4.78, 5) is 34.3. The van der Waals surface area contributed by atoms with E-state index in [1.165, 1.54) is 24.0 Å². The summed E-state index contributed by atoms with van der Waals surface area (Å²) in [6, 6.07) is 24.5. The van der Waals surface area contributed by atoms with Crippen LogP contribution < -0.4 is 9.64 Å². The Morgan fingerprint density at radius 2 is 1.71 bits per heavy atom. The van der Waals surface area contributed by atoms with Gasteiger partial charge in [0.2, 0.25) is 0 Å². The van der Waals surface area contributed by atoms with Crippen molar-refractivity contribution >= 4 is 35.3 Å². The van der Waals surface area contributed by atoms with Crippen molar-refractivity contribution in [1.82, 2.24) is 9.80 Å². The Hall–Kier alpha value is -3.71. The standard InChI is InChI=1S/C35H39N3O3S/c1-25-8-3-4-9-28(25)24-38-31-12-5-6-13-32(31)42-33(35(38)40)22-26-14-16-27(17-15-26)34(39)37-20-18-36(19-21-37)29-10-7-11-30(23-29)41-2/h3-4,7-11,14-17,22-23,31-32H,5-6,12-13,18-21,24H2,1-2H3/b33-22+. The van der Waals surface area contributed by atoms with Crippen LogP contribution in [0.1, 0.15) is 52.7 Å². The lowest BCUT2D eigenvalue weighted by Crippen LogP contribution is -2.50. The van der Waals surface area contributed by atoms with E-state index in [1.54, 1.807) is 18.9 Å². The van der Waals surface area contributed by atoms with Crippen LogP contribution in [0.15, 0.2) is 77.7 Å². The molecule has 0 aromatic heterocycles. The Balaban J connectivity index is 1.13. The van der Waals surface area contributed by atoms with Gasteiger partial charge in [-0.15, -0.1) is 11.8 Å². The molecule has 2 saturated heterocycles. The predicted molar refractivity (Wildman–Crippen MR) is 171 cm³/mol. The number of nitrogens with zero attached hydrogens (tertiary/aromatic N) is 3. The van der Waals surface area contributed by atoms with Crippen LogP contribution in [0.25, 0.3) is 6.08 Å². The number of hydrogen-bond acceptors (Lipinski definition) is 5. The molecule has 2 unspecified atom stereocenters. The van der Waals surface area contributed by atoms with Gasteiger partial charge in [-0.1, -0.05) is 55.3 Å². The van der Waals surface area contributed by atoms with Gasteiger partial charge in [-0.2, -0.15) is 0 Å². The summed E-state index contributed by atoms with van der Waals surface area (Å²) in [6.07, 6.45) is 6.64. The predicted octanol–water partition coefficient (Wildman–Crippen LogP) is 6.39. The van der Waals surface area contributed by atoms with E-state index in [0.29, 0.717) is 30.4 Å². The Morgan fingerprint density at radius 3 is 2.48 bits per heavy atom. The summed E-state index contributed by atoms with van der Waals surface area (Å²) < 4.78 is 5.37. The van der Waals surface area contributed by atoms with Gasteiger partial charge in [0, 0.05) is 61.3 Å². The van der Waals surface area contributed by atoms with Crippen molar-refractivity contribution in [2.45, 2.75) is 50.4 Å². The highest BCUT2D eigenvalue weighted by Crippen LogP contribution is 2.43. The smallest absolute Gasteiger partial charge is 0.260 e. The molecular formula is C35H39N3O3S. The summed E-state index contributed by atoms with van der Waals surface area (Å²) in [7, 11) is 1.68. The number of anilines is 1. The molecule has 2 aliphatic heterocycles. The molecule has 6 nitrogen and oxygen atoms in total. The molecule has 3 fully saturated rings. The van der Waals surface area contributed by atoms with E-state index in [2.05, 4.69) is 47.1 Å². The molecule has 7 heteroatoms. The topological polar surface area (TPSA) is 53.1 Å². The van der Waals surface area contributed by atoms with Crippen molar-refractivity contribution in [2.75, 3.05) is 38.2 Å². The number of methoxy groups -OCH3 is 1. The van der Waals surface area contributed by atoms with Gasteiger partial charge in [0.25, 0.3) is 11.8 Å². The van der Waals surface area contributed by atoms with Crippen molar-refractivity contribution < 1.29 is 14.3 Å². The molecular weight excluding hydrogens is 542 g/mol. The minimum absolute atomic E-state index is 0.0528. The fourth-order valence-electron chi connectivity index (χ4n) is 6.36. The maximum atomic E-state index is 13.8. The van der Waals surface area contributed by atoms with Crippen LogP contribution in [0.2, 0.25) is 0 Å². The monoisotopic (exact) mass is 581 g/mol. The molecule has 2 amide bonds. The van der Waals surface area contributed by atoms with E-state index in [1.807, 2.05) is 53.4 Å². The molecule has 0 bridgehead atoms. The number of fused-ring (bicyclic) bond motifs is 1. The minimum Gasteiger partial charge on any atom is -0.497 e. The highest BCUT2D eigenvalue weighted by Gasteiger charge is 2.40. The average Bonchev–Trinajstić information content (AvgIpc) is 3.04. The van der Waals surface area contributed by atoms with Crippen LogP contribution in [0.3, 0.4) is 0 Å². The fraction of sp³-hybridized carbons (Fsp3) is 0.371. The highest BCUT2D eigenvalue weighted by molar-refractivity contribution is 8.04. The van der Waals surface area contributed by atoms with E-state index in [0.717, 1.165) is 47.8 Å². The number of thioether (sulfide) groups is 1. The Bertz CT molecular complexity index is 1460. The zero-order chi connectivity index (χ0) is 29.1. The second kappa shape index (κ2) is 12.7. The van der Waals surface area contributed by atoms with E-state index in [9.17, 15) is 9.59 Å². The van der Waals surface area contributed by atoms with Crippen LogP contribution in [0.4, 0.5) is 5.69 Å².